The van der Waals surface area contributed by atoms with E-state index < -0.39 is 5.72 Å². The molecule has 0 fully saturated rings. The van der Waals surface area contributed by atoms with E-state index in [-0.39, 0.29) is 10.8 Å². The first kappa shape index (κ1) is 20.4. The summed E-state index contributed by atoms with van der Waals surface area (Å²) in [4.78, 5) is 1.14. The van der Waals surface area contributed by atoms with Gasteiger partial charge in [-0.1, -0.05) is 59.2 Å². The maximum absolute atomic E-state index is 6.51. The van der Waals surface area contributed by atoms with Crippen molar-refractivity contribution in [3.8, 4) is 5.75 Å². The van der Waals surface area contributed by atoms with Crippen LogP contribution >= 0.6 is 23.5 Å². The maximum Gasteiger partial charge on any atom is 0.187 e. The van der Waals surface area contributed by atoms with Gasteiger partial charge in [0.15, 0.2) is 11.5 Å². The molecule has 2 aromatic rings. The summed E-state index contributed by atoms with van der Waals surface area (Å²) in [6.45, 7) is 17.8. The molecule has 2 aromatic carbocycles. The van der Waals surface area contributed by atoms with E-state index in [1.807, 2.05) is 12.1 Å². The standard InChI is InChI=1S/C23H30ClNOS/c1-21(2,3)15-13-18(22(4,5)6)20-19(14-15)25(23(7,8)26-20)27-17-11-9-16(24)10-12-17/h9-14H,1-8H3. The number of benzene rings is 2. The second-order valence-electron chi connectivity index (χ2n) is 9.76. The normalized spacial score (nSPS) is 16.3. The van der Waals surface area contributed by atoms with E-state index in [4.69, 9.17) is 16.3 Å². The quantitative estimate of drug-likeness (QED) is 0.479. The van der Waals surface area contributed by atoms with E-state index >= 15 is 0 Å². The highest BCUT2D eigenvalue weighted by molar-refractivity contribution is 8.00. The van der Waals surface area contributed by atoms with Crippen LogP contribution in [0.5, 0.6) is 5.75 Å². The van der Waals surface area contributed by atoms with E-state index in [9.17, 15) is 0 Å². The van der Waals surface area contributed by atoms with Gasteiger partial charge in [-0.3, -0.25) is 4.31 Å². The van der Waals surface area contributed by atoms with Crippen molar-refractivity contribution >= 4 is 29.2 Å². The molecule has 0 radical (unpaired) electrons. The summed E-state index contributed by atoms with van der Waals surface area (Å²) in [5.41, 5.74) is 3.37. The molecule has 0 amide bonds. The summed E-state index contributed by atoms with van der Waals surface area (Å²) in [6, 6.07) is 12.6. The molecule has 1 aliphatic heterocycles. The van der Waals surface area contributed by atoms with Crippen LogP contribution in [0.25, 0.3) is 0 Å². The topological polar surface area (TPSA) is 12.5 Å². The second kappa shape index (κ2) is 6.63. The van der Waals surface area contributed by atoms with Crippen LogP contribution in [-0.4, -0.2) is 5.72 Å². The summed E-state index contributed by atoms with van der Waals surface area (Å²) >= 11 is 7.76. The Balaban J connectivity index is 2.15. The molecule has 1 aliphatic rings. The summed E-state index contributed by atoms with van der Waals surface area (Å²) in [7, 11) is 0. The lowest BCUT2D eigenvalue weighted by Gasteiger charge is -2.30. The highest BCUT2D eigenvalue weighted by atomic mass is 35.5. The molecule has 27 heavy (non-hydrogen) atoms. The Labute approximate surface area is 173 Å². The van der Waals surface area contributed by atoms with Crippen molar-refractivity contribution in [3.63, 3.8) is 0 Å². The first-order valence-corrected chi connectivity index (χ1v) is 10.6. The van der Waals surface area contributed by atoms with E-state index in [1.165, 1.54) is 11.1 Å². The Morgan fingerprint density at radius 3 is 2.04 bits per heavy atom. The van der Waals surface area contributed by atoms with Gasteiger partial charge in [-0.2, -0.15) is 0 Å². The van der Waals surface area contributed by atoms with Gasteiger partial charge < -0.3 is 4.74 Å². The molecule has 2 nitrogen and oxygen atoms in total. The van der Waals surface area contributed by atoms with Gasteiger partial charge in [-0.05, 0) is 72.5 Å². The Bertz CT molecular complexity index is 844. The Kier molecular flexibility index (Phi) is 5.01. The van der Waals surface area contributed by atoms with Gasteiger partial charge in [0.25, 0.3) is 0 Å². The first-order chi connectivity index (χ1) is 12.3. The fourth-order valence-corrected chi connectivity index (χ4v) is 4.29. The Morgan fingerprint density at radius 1 is 0.926 bits per heavy atom. The zero-order valence-corrected chi connectivity index (χ0v) is 19.2. The van der Waals surface area contributed by atoms with Crippen molar-refractivity contribution in [2.75, 3.05) is 4.31 Å². The fourth-order valence-electron chi connectivity index (χ4n) is 3.20. The molecule has 0 unspecified atom stereocenters. The zero-order chi connectivity index (χ0) is 20.2. The van der Waals surface area contributed by atoms with Crippen LogP contribution in [-0.2, 0) is 10.8 Å². The summed E-state index contributed by atoms with van der Waals surface area (Å²) in [5.74, 6) is 1.00. The van der Waals surface area contributed by atoms with Gasteiger partial charge in [0.1, 0.15) is 0 Å². The van der Waals surface area contributed by atoms with E-state index in [2.05, 4.69) is 84.0 Å². The highest BCUT2D eigenvalue weighted by Crippen LogP contribution is 2.53. The number of hydrogen-bond donors (Lipinski definition) is 0. The van der Waals surface area contributed by atoms with E-state index in [1.54, 1.807) is 11.9 Å². The molecule has 0 spiro atoms. The van der Waals surface area contributed by atoms with Crippen molar-refractivity contribution in [1.82, 2.24) is 0 Å². The third-order valence-electron chi connectivity index (χ3n) is 4.81. The summed E-state index contributed by atoms with van der Waals surface area (Å²) in [5, 5.41) is 0.752. The van der Waals surface area contributed by atoms with Gasteiger partial charge in [0.2, 0.25) is 0 Å². The van der Waals surface area contributed by atoms with Gasteiger partial charge in [0.05, 0.1) is 5.69 Å². The predicted octanol–water partition coefficient (Wildman–Crippen LogP) is 7.58. The predicted molar refractivity (Wildman–Crippen MR) is 118 cm³/mol. The molecule has 0 N–H and O–H groups in total. The van der Waals surface area contributed by atoms with Gasteiger partial charge in [0, 0.05) is 15.5 Å². The van der Waals surface area contributed by atoms with Crippen LogP contribution in [0.3, 0.4) is 0 Å². The molecule has 0 aliphatic carbocycles. The van der Waals surface area contributed by atoms with Crippen molar-refractivity contribution in [1.29, 1.82) is 0 Å². The van der Waals surface area contributed by atoms with Crippen molar-refractivity contribution < 1.29 is 4.74 Å². The highest BCUT2D eigenvalue weighted by Gasteiger charge is 2.42. The molecule has 146 valence electrons. The lowest BCUT2D eigenvalue weighted by molar-refractivity contribution is 0.145. The zero-order valence-electron chi connectivity index (χ0n) is 17.6. The van der Waals surface area contributed by atoms with Crippen LogP contribution < -0.4 is 9.04 Å². The minimum atomic E-state index is -0.441. The third-order valence-corrected chi connectivity index (χ3v) is 6.37. The number of nitrogens with zero attached hydrogens (tertiary/aromatic N) is 1. The Hall–Kier alpha value is -1.32. The number of rotatable bonds is 2. The molecule has 0 saturated heterocycles. The van der Waals surface area contributed by atoms with Crippen LogP contribution in [0.4, 0.5) is 5.69 Å². The third kappa shape index (κ3) is 4.09. The molecule has 3 rings (SSSR count). The lowest BCUT2D eigenvalue weighted by Crippen LogP contribution is -2.39. The van der Waals surface area contributed by atoms with Crippen molar-refractivity contribution in [2.45, 2.75) is 76.8 Å². The van der Waals surface area contributed by atoms with Crippen LogP contribution in [0.1, 0.15) is 66.5 Å². The monoisotopic (exact) mass is 403 g/mol. The van der Waals surface area contributed by atoms with Crippen molar-refractivity contribution in [2.24, 2.45) is 0 Å². The maximum atomic E-state index is 6.51. The molecule has 0 atom stereocenters. The van der Waals surface area contributed by atoms with E-state index in [0.717, 1.165) is 21.4 Å². The summed E-state index contributed by atoms with van der Waals surface area (Å²) in [6.07, 6.45) is 0. The number of anilines is 1. The minimum absolute atomic E-state index is 0.00235. The van der Waals surface area contributed by atoms with Gasteiger partial charge >= 0.3 is 0 Å². The average molecular weight is 404 g/mol. The summed E-state index contributed by atoms with van der Waals surface area (Å²) < 4.78 is 8.79. The molecule has 0 saturated carbocycles. The number of halogens is 1. The lowest BCUT2D eigenvalue weighted by atomic mass is 9.80. The SMILES string of the molecule is CC(C)(C)c1cc2c(c(C(C)(C)C)c1)OC(C)(C)N2Sc1ccc(Cl)cc1. The Morgan fingerprint density at radius 2 is 1.52 bits per heavy atom. The molecule has 0 aromatic heterocycles. The molecule has 1 heterocycles. The largest absolute Gasteiger partial charge is 0.465 e. The van der Waals surface area contributed by atoms with Crippen molar-refractivity contribution in [3.05, 3.63) is 52.5 Å². The fraction of sp³-hybridized carbons (Fsp3) is 0.478. The second-order valence-corrected chi connectivity index (χ2v) is 11.2. The number of hydrogen-bond acceptors (Lipinski definition) is 3. The number of ether oxygens (including phenoxy) is 1. The van der Waals surface area contributed by atoms with Crippen LogP contribution in [0, 0.1) is 0 Å². The molecule has 0 bridgehead atoms. The minimum Gasteiger partial charge on any atom is -0.465 e. The number of fused-ring (bicyclic) bond motifs is 1. The first-order valence-electron chi connectivity index (χ1n) is 9.41. The van der Waals surface area contributed by atoms with Crippen LogP contribution in [0.2, 0.25) is 5.02 Å². The van der Waals surface area contributed by atoms with E-state index in [0.29, 0.717) is 0 Å². The van der Waals surface area contributed by atoms with Crippen LogP contribution in [0.15, 0.2) is 41.3 Å². The molecular weight excluding hydrogens is 374 g/mol. The van der Waals surface area contributed by atoms with Gasteiger partial charge in [-0.25, -0.2) is 0 Å². The average Bonchev–Trinajstić information content (AvgIpc) is 2.77. The molecular formula is C23H30ClNOS. The smallest absolute Gasteiger partial charge is 0.187 e. The van der Waals surface area contributed by atoms with Gasteiger partial charge in [-0.15, -0.1) is 0 Å². The molecule has 4 heteroatoms.